The smallest absolute Gasteiger partial charge is 0.149 e. The molecule has 75 heavy (non-hydrogen) atoms. The molecule has 4 heteroatoms. The summed E-state index contributed by atoms with van der Waals surface area (Å²) in [5.74, 6) is 0.751. The van der Waals surface area contributed by atoms with E-state index in [1.165, 1.54) is 17.7 Å². The summed E-state index contributed by atoms with van der Waals surface area (Å²) >= 11 is 0. The van der Waals surface area contributed by atoms with Crippen LogP contribution in [-0.4, -0.2) is 19.6 Å². The number of aromatic nitrogens is 3. The Morgan fingerprint density at radius 3 is 1.63 bits per heavy atom. The SMILES string of the molecule is [2H]C([2H])([2H])C(c1ccc(-c2ccnc(-c3cc(-c4ccccc4)cc(-c4cccc5c4nc(-c4cc(C(C)(C)C)cc(C(C)(C)C)c4O)n5-c4cc(C)c(-c5ccc(C(C)(C)C)cc5)cc4-c4ccccc4)c3)c2)cc1)(C([2H])([2H])[2H])C([2H])([2H])[2H]. The molecule has 0 atom stereocenters. The Morgan fingerprint density at radius 2 is 1.00 bits per heavy atom. The maximum absolute atomic E-state index is 12.8. The Bertz CT molecular complexity index is 4040. The van der Waals surface area contributed by atoms with E-state index < -0.39 is 31.4 Å². The molecule has 0 bridgehead atoms. The highest BCUT2D eigenvalue weighted by atomic mass is 16.3. The van der Waals surface area contributed by atoms with Crippen molar-refractivity contribution in [3.63, 3.8) is 0 Å². The van der Waals surface area contributed by atoms with Crippen LogP contribution < -0.4 is 0 Å². The maximum Gasteiger partial charge on any atom is 0.149 e. The predicted octanol–water partition coefficient (Wildman–Crippen LogP) is 19.3. The Hall–Kier alpha value is -7.82. The van der Waals surface area contributed by atoms with Gasteiger partial charge < -0.3 is 5.11 Å². The molecular formula is C71H71N3O. The summed E-state index contributed by atoms with van der Waals surface area (Å²) in [5.41, 5.74) is 13.6. The first-order valence-corrected chi connectivity index (χ1v) is 25.8. The number of rotatable bonds is 8. The summed E-state index contributed by atoms with van der Waals surface area (Å²) in [4.78, 5) is 10.6. The molecule has 0 spiro atoms. The van der Waals surface area contributed by atoms with Crippen LogP contribution >= 0.6 is 0 Å². The Morgan fingerprint density at radius 1 is 0.427 bits per heavy atom. The number of hydrogen-bond donors (Lipinski definition) is 1. The topological polar surface area (TPSA) is 50.9 Å². The van der Waals surface area contributed by atoms with Crippen LogP contribution in [0.15, 0.2) is 188 Å². The highest BCUT2D eigenvalue weighted by molar-refractivity contribution is 5.99. The standard InChI is InChI=1S/C71H71N3O/c1-45-37-64(59(48-23-18-15-19-24-48)44-58(45)49-29-33-55(34-30-49)69(5,6)7)74-63-26-20-25-57(65(63)73-67(74)60-42-56(70(8,9)10)43-61(66(60)75)71(11,12)13)52-38-51(46-21-16-14-17-22-46)39-53(40-52)62-41-50(35-36-72-62)47-27-31-54(32-28-47)68(2,3)4/h14-44,75H,1-13H3/i2D3,3D3,4D3. The van der Waals surface area contributed by atoms with E-state index in [2.05, 4.69) is 195 Å². The van der Waals surface area contributed by atoms with Crippen molar-refractivity contribution in [3.8, 4) is 89.7 Å². The number of aromatic hydroxyl groups is 1. The molecule has 0 amide bonds. The first kappa shape index (κ1) is 40.6. The van der Waals surface area contributed by atoms with Gasteiger partial charge in [-0.15, -0.1) is 0 Å². The summed E-state index contributed by atoms with van der Waals surface area (Å²) < 4.78 is 76.7. The fourth-order valence-electron chi connectivity index (χ4n) is 10.2. The van der Waals surface area contributed by atoms with E-state index in [0.29, 0.717) is 33.7 Å². The van der Waals surface area contributed by atoms with Gasteiger partial charge in [0.1, 0.15) is 11.6 Å². The number of nitrogens with zero attached hydrogens (tertiary/aromatic N) is 3. The lowest BCUT2D eigenvalue weighted by Crippen LogP contribution is -2.17. The lowest BCUT2D eigenvalue weighted by Gasteiger charge is -2.28. The van der Waals surface area contributed by atoms with Gasteiger partial charge in [-0.1, -0.05) is 210 Å². The molecule has 4 nitrogen and oxygen atoms in total. The molecule has 0 aliphatic rings. The minimum absolute atomic E-state index is 0.00581. The van der Waals surface area contributed by atoms with Crippen molar-refractivity contribution in [1.29, 1.82) is 0 Å². The molecule has 0 saturated carbocycles. The van der Waals surface area contributed by atoms with Crippen molar-refractivity contribution in [2.24, 2.45) is 0 Å². The second kappa shape index (κ2) is 19.1. The molecule has 0 saturated heterocycles. The molecule has 1 N–H and O–H groups in total. The van der Waals surface area contributed by atoms with Gasteiger partial charge in [0.05, 0.1) is 28.0 Å². The van der Waals surface area contributed by atoms with Crippen molar-refractivity contribution in [3.05, 3.63) is 216 Å². The van der Waals surface area contributed by atoms with Crippen LogP contribution in [-0.2, 0) is 21.7 Å². The van der Waals surface area contributed by atoms with Crippen LogP contribution in [0.3, 0.4) is 0 Å². The Kier molecular flexibility index (Phi) is 10.4. The van der Waals surface area contributed by atoms with Crippen LogP contribution in [0.5, 0.6) is 5.75 Å². The highest BCUT2D eigenvalue weighted by Crippen LogP contribution is 2.47. The van der Waals surface area contributed by atoms with Gasteiger partial charge in [-0.3, -0.25) is 9.55 Å². The van der Waals surface area contributed by atoms with Gasteiger partial charge in [-0.2, -0.15) is 0 Å². The molecule has 10 aromatic rings. The first-order chi connectivity index (χ1) is 39.3. The molecule has 0 fully saturated rings. The number of fused-ring (bicyclic) bond motifs is 1. The van der Waals surface area contributed by atoms with Crippen LogP contribution in [0.1, 0.15) is 123 Å². The lowest BCUT2D eigenvalue weighted by molar-refractivity contribution is 0.446. The van der Waals surface area contributed by atoms with Crippen molar-refractivity contribution >= 4 is 11.0 Å². The van der Waals surface area contributed by atoms with E-state index >= 15 is 0 Å². The maximum atomic E-state index is 12.8. The van der Waals surface area contributed by atoms with Gasteiger partial charge in [0, 0.05) is 40.8 Å². The van der Waals surface area contributed by atoms with E-state index in [9.17, 15) is 5.11 Å². The largest absolute Gasteiger partial charge is 0.507 e. The van der Waals surface area contributed by atoms with E-state index in [4.69, 9.17) is 22.3 Å². The van der Waals surface area contributed by atoms with Gasteiger partial charge in [0.15, 0.2) is 0 Å². The molecule has 0 aliphatic carbocycles. The number of phenolic OH excluding ortho intramolecular Hbond substituents is 1. The number of pyridine rings is 1. The van der Waals surface area contributed by atoms with Crippen LogP contribution in [0, 0.1) is 6.92 Å². The van der Waals surface area contributed by atoms with Gasteiger partial charge in [0.25, 0.3) is 0 Å². The normalized spacial score (nSPS) is 14.7. The third kappa shape index (κ3) is 10.1. The van der Waals surface area contributed by atoms with Crippen LogP contribution in [0.25, 0.3) is 95.0 Å². The van der Waals surface area contributed by atoms with Crippen molar-refractivity contribution in [2.75, 3.05) is 0 Å². The zero-order chi connectivity index (χ0) is 60.7. The van der Waals surface area contributed by atoms with Crippen molar-refractivity contribution in [1.82, 2.24) is 14.5 Å². The zero-order valence-electron chi connectivity index (χ0n) is 53.7. The fourth-order valence-corrected chi connectivity index (χ4v) is 10.2. The third-order valence-corrected chi connectivity index (χ3v) is 14.5. The average molecular weight is 991 g/mol. The minimum Gasteiger partial charge on any atom is -0.507 e. The van der Waals surface area contributed by atoms with Crippen LogP contribution in [0.4, 0.5) is 0 Å². The molecule has 2 aromatic heterocycles. The molecular weight excluding hydrogens is 911 g/mol. The van der Waals surface area contributed by atoms with Gasteiger partial charge in [-0.05, 0) is 150 Å². The number of phenols is 1. The van der Waals surface area contributed by atoms with E-state index in [1.54, 1.807) is 24.4 Å². The molecule has 0 unspecified atom stereocenters. The summed E-state index contributed by atoms with van der Waals surface area (Å²) in [6, 6.07) is 60.2. The zero-order valence-corrected chi connectivity index (χ0v) is 44.7. The van der Waals surface area contributed by atoms with Crippen LogP contribution in [0.2, 0.25) is 0 Å². The summed E-state index contributed by atoms with van der Waals surface area (Å²) in [6.07, 6.45) is 1.68. The Labute approximate surface area is 458 Å². The van der Waals surface area contributed by atoms with E-state index in [0.717, 1.165) is 78.0 Å². The summed E-state index contributed by atoms with van der Waals surface area (Å²) in [5, 5.41) is 12.8. The number of hydrogen-bond acceptors (Lipinski definition) is 3. The number of aryl methyl sites for hydroxylation is 1. The monoisotopic (exact) mass is 991 g/mol. The number of para-hydroxylation sites is 1. The van der Waals surface area contributed by atoms with E-state index in [1.807, 2.05) is 30.3 Å². The summed E-state index contributed by atoms with van der Waals surface area (Å²) in [7, 11) is 0. The molecule has 376 valence electrons. The third-order valence-electron chi connectivity index (χ3n) is 14.5. The van der Waals surface area contributed by atoms with Crippen molar-refractivity contribution in [2.45, 2.75) is 111 Å². The Balaban J connectivity index is 1.22. The quantitative estimate of drug-likeness (QED) is 0.165. The van der Waals surface area contributed by atoms with Gasteiger partial charge >= 0.3 is 0 Å². The molecule has 0 radical (unpaired) electrons. The summed E-state index contributed by atoms with van der Waals surface area (Å²) in [6.45, 7) is 11.6. The molecule has 10 rings (SSSR count). The van der Waals surface area contributed by atoms with Gasteiger partial charge in [0.2, 0.25) is 0 Å². The second-order valence-electron chi connectivity index (χ2n) is 23.2. The highest BCUT2D eigenvalue weighted by Gasteiger charge is 2.30. The second-order valence-corrected chi connectivity index (χ2v) is 23.2. The lowest BCUT2D eigenvalue weighted by atomic mass is 9.79. The number of benzene rings is 8. The average Bonchev–Trinajstić information content (AvgIpc) is 0.937. The first-order valence-electron chi connectivity index (χ1n) is 30.3. The molecule has 0 aliphatic heterocycles. The number of imidazole rings is 1. The fraction of sp³-hybridized carbons (Fsp3) is 0.239. The molecule has 2 heterocycles. The van der Waals surface area contributed by atoms with Crippen molar-refractivity contribution < 1.29 is 17.4 Å². The minimum atomic E-state index is -3.38. The van der Waals surface area contributed by atoms with E-state index in [-0.39, 0.29) is 22.1 Å². The predicted molar refractivity (Wildman–Crippen MR) is 318 cm³/mol. The van der Waals surface area contributed by atoms with Gasteiger partial charge in [-0.25, -0.2) is 4.98 Å². The molecule has 8 aromatic carbocycles.